The van der Waals surface area contributed by atoms with Crippen LogP contribution in [0, 0.1) is 24.5 Å². The Balaban J connectivity index is 1.64. The van der Waals surface area contributed by atoms with Crippen molar-refractivity contribution in [2.75, 3.05) is 0 Å². The molecule has 0 saturated heterocycles. The van der Waals surface area contributed by atoms with Crippen LogP contribution in [0.15, 0.2) is 48.5 Å². The van der Waals surface area contributed by atoms with E-state index in [1.165, 1.54) is 44.2 Å². The monoisotopic (exact) mass is 350 g/mol. The molecule has 1 saturated carbocycles. The Kier molecular flexibility index (Phi) is 4.52. The SMILES string of the molecule is Cc1c(F)cc2cc(-c3ccc(C4CCC(C)CC4)cc3)ccc2c1F. The lowest BCUT2D eigenvalue weighted by atomic mass is 9.79. The predicted octanol–water partition coefficient (Wildman–Crippen LogP) is 7.39. The lowest BCUT2D eigenvalue weighted by molar-refractivity contribution is 0.348. The Hall–Kier alpha value is -2.22. The molecule has 0 heterocycles. The smallest absolute Gasteiger partial charge is 0.136 e. The average Bonchev–Trinajstić information content (AvgIpc) is 2.67. The molecule has 134 valence electrons. The van der Waals surface area contributed by atoms with Gasteiger partial charge >= 0.3 is 0 Å². The van der Waals surface area contributed by atoms with E-state index in [-0.39, 0.29) is 5.56 Å². The van der Waals surface area contributed by atoms with Crippen molar-refractivity contribution in [1.82, 2.24) is 0 Å². The third-order valence-electron chi connectivity index (χ3n) is 5.99. The summed E-state index contributed by atoms with van der Waals surface area (Å²) in [4.78, 5) is 0. The third-order valence-corrected chi connectivity index (χ3v) is 5.99. The zero-order valence-electron chi connectivity index (χ0n) is 15.4. The van der Waals surface area contributed by atoms with E-state index in [0.29, 0.717) is 16.7 Å². The molecule has 0 aliphatic heterocycles. The number of benzene rings is 3. The van der Waals surface area contributed by atoms with E-state index in [2.05, 4.69) is 31.2 Å². The van der Waals surface area contributed by atoms with E-state index in [4.69, 9.17) is 0 Å². The van der Waals surface area contributed by atoms with Gasteiger partial charge in [-0.2, -0.15) is 0 Å². The largest absolute Gasteiger partial charge is 0.207 e. The molecule has 4 rings (SSSR count). The maximum atomic E-state index is 14.2. The van der Waals surface area contributed by atoms with E-state index < -0.39 is 11.6 Å². The van der Waals surface area contributed by atoms with E-state index >= 15 is 0 Å². The van der Waals surface area contributed by atoms with Crippen LogP contribution in [0.3, 0.4) is 0 Å². The fourth-order valence-corrected chi connectivity index (χ4v) is 4.15. The van der Waals surface area contributed by atoms with E-state index in [1.807, 2.05) is 12.1 Å². The first-order valence-corrected chi connectivity index (χ1v) is 9.51. The lowest BCUT2D eigenvalue weighted by Gasteiger charge is -2.26. The van der Waals surface area contributed by atoms with Crippen LogP contribution in [0.1, 0.15) is 49.7 Å². The minimum absolute atomic E-state index is 0.0800. The highest BCUT2D eigenvalue weighted by Crippen LogP contribution is 2.36. The molecule has 0 N–H and O–H groups in total. The molecule has 0 unspecified atom stereocenters. The van der Waals surface area contributed by atoms with Crippen molar-refractivity contribution in [1.29, 1.82) is 0 Å². The Morgan fingerprint density at radius 2 is 1.46 bits per heavy atom. The van der Waals surface area contributed by atoms with Crippen molar-refractivity contribution in [3.8, 4) is 11.1 Å². The number of halogens is 2. The summed E-state index contributed by atoms with van der Waals surface area (Å²) in [5.74, 6) is 0.568. The molecule has 0 amide bonds. The third kappa shape index (κ3) is 3.13. The molecular weight excluding hydrogens is 326 g/mol. The highest BCUT2D eigenvalue weighted by Gasteiger charge is 2.19. The summed E-state index contributed by atoms with van der Waals surface area (Å²) in [5, 5.41) is 1.08. The summed E-state index contributed by atoms with van der Waals surface area (Å²) in [5.41, 5.74) is 3.57. The van der Waals surface area contributed by atoms with Crippen molar-refractivity contribution in [2.24, 2.45) is 5.92 Å². The molecule has 0 spiro atoms. The zero-order valence-corrected chi connectivity index (χ0v) is 15.4. The second kappa shape index (κ2) is 6.83. The number of hydrogen-bond acceptors (Lipinski definition) is 0. The molecular formula is C24H24F2. The molecule has 26 heavy (non-hydrogen) atoms. The Labute approximate surface area is 153 Å². The number of fused-ring (bicyclic) bond motifs is 1. The molecule has 3 aromatic rings. The van der Waals surface area contributed by atoms with Crippen LogP contribution in [0.25, 0.3) is 21.9 Å². The van der Waals surface area contributed by atoms with E-state index in [9.17, 15) is 8.78 Å². The van der Waals surface area contributed by atoms with Gasteiger partial charge < -0.3 is 0 Å². The second-order valence-electron chi connectivity index (χ2n) is 7.81. The van der Waals surface area contributed by atoms with E-state index in [1.54, 1.807) is 6.07 Å². The molecule has 1 aliphatic carbocycles. The molecule has 0 atom stereocenters. The first kappa shape index (κ1) is 17.2. The first-order valence-electron chi connectivity index (χ1n) is 9.51. The van der Waals surface area contributed by atoms with Crippen molar-refractivity contribution < 1.29 is 8.78 Å². The molecule has 0 bridgehead atoms. The number of rotatable bonds is 2. The molecule has 1 aliphatic rings. The van der Waals surface area contributed by atoms with Crippen LogP contribution in [0.5, 0.6) is 0 Å². The highest BCUT2D eigenvalue weighted by atomic mass is 19.1. The molecule has 1 fully saturated rings. The fraction of sp³-hybridized carbons (Fsp3) is 0.333. The summed E-state index contributed by atoms with van der Waals surface area (Å²) >= 11 is 0. The standard InChI is InChI=1S/C24H24F2/c1-15-3-5-17(6-4-15)18-7-9-19(10-8-18)20-11-12-22-21(13-20)14-23(25)16(2)24(22)26/h7-15,17H,3-6H2,1-2H3. The summed E-state index contributed by atoms with van der Waals surface area (Å²) in [7, 11) is 0. The quantitative estimate of drug-likeness (QED) is 0.452. The van der Waals surface area contributed by atoms with Crippen LogP contribution in [0.2, 0.25) is 0 Å². The van der Waals surface area contributed by atoms with Crippen molar-refractivity contribution >= 4 is 10.8 Å². The second-order valence-corrected chi connectivity index (χ2v) is 7.81. The summed E-state index contributed by atoms with van der Waals surface area (Å²) in [6, 6.07) is 15.7. The van der Waals surface area contributed by atoms with Crippen molar-refractivity contribution in [3.63, 3.8) is 0 Å². The minimum Gasteiger partial charge on any atom is -0.207 e. The van der Waals surface area contributed by atoms with Gasteiger partial charge in [0.05, 0.1) is 0 Å². The number of hydrogen-bond donors (Lipinski definition) is 0. The maximum Gasteiger partial charge on any atom is 0.136 e. The van der Waals surface area contributed by atoms with Gasteiger partial charge in [0.1, 0.15) is 11.6 Å². The highest BCUT2D eigenvalue weighted by molar-refractivity contribution is 5.88. The van der Waals surface area contributed by atoms with Gasteiger partial charge in [-0.1, -0.05) is 56.2 Å². The van der Waals surface area contributed by atoms with Crippen LogP contribution in [-0.4, -0.2) is 0 Å². The lowest BCUT2D eigenvalue weighted by Crippen LogP contribution is -2.10. The van der Waals surface area contributed by atoms with Crippen molar-refractivity contribution in [2.45, 2.75) is 45.4 Å². The van der Waals surface area contributed by atoms with Crippen molar-refractivity contribution in [3.05, 3.63) is 71.3 Å². The normalized spacial score (nSPS) is 20.5. The molecule has 0 nitrogen and oxygen atoms in total. The van der Waals surface area contributed by atoms with E-state index in [0.717, 1.165) is 17.0 Å². The van der Waals surface area contributed by atoms with Gasteiger partial charge in [-0.15, -0.1) is 0 Å². The Bertz CT molecular complexity index is 933. The van der Waals surface area contributed by atoms with Crippen LogP contribution < -0.4 is 0 Å². The Morgan fingerprint density at radius 3 is 2.15 bits per heavy atom. The molecule has 0 radical (unpaired) electrons. The molecule has 2 heteroatoms. The van der Waals surface area contributed by atoms with Gasteiger partial charge in [-0.25, -0.2) is 8.78 Å². The van der Waals surface area contributed by atoms with Gasteiger partial charge in [-0.05, 0) is 65.8 Å². The minimum atomic E-state index is -0.492. The molecule has 3 aromatic carbocycles. The van der Waals surface area contributed by atoms with Gasteiger partial charge in [0, 0.05) is 10.9 Å². The topological polar surface area (TPSA) is 0 Å². The van der Waals surface area contributed by atoms with Gasteiger partial charge in [0.25, 0.3) is 0 Å². The van der Waals surface area contributed by atoms with Gasteiger partial charge in [0.2, 0.25) is 0 Å². The maximum absolute atomic E-state index is 14.2. The van der Waals surface area contributed by atoms with Crippen LogP contribution >= 0.6 is 0 Å². The first-order chi connectivity index (χ1) is 12.5. The van der Waals surface area contributed by atoms with Crippen LogP contribution in [0.4, 0.5) is 8.78 Å². The molecule has 0 aromatic heterocycles. The fourth-order valence-electron chi connectivity index (χ4n) is 4.15. The Morgan fingerprint density at radius 1 is 0.808 bits per heavy atom. The van der Waals surface area contributed by atoms with Gasteiger partial charge in [0.15, 0.2) is 0 Å². The van der Waals surface area contributed by atoms with Crippen LogP contribution in [-0.2, 0) is 0 Å². The zero-order chi connectivity index (χ0) is 18.3. The summed E-state index contributed by atoms with van der Waals surface area (Å²) in [6.45, 7) is 3.81. The predicted molar refractivity (Wildman–Crippen MR) is 104 cm³/mol. The van der Waals surface area contributed by atoms with Gasteiger partial charge in [-0.3, -0.25) is 0 Å². The summed E-state index contributed by atoms with van der Waals surface area (Å²) in [6.07, 6.45) is 5.17. The average molecular weight is 350 g/mol. The summed E-state index contributed by atoms with van der Waals surface area (Å²) < 4.78 is 28.1.